The molecule has 0 unspecified atom stereocenters. The normalized spacial score (nSPS) is 13.2. The predicted molar refractivity (Wildman–Crippen MR) is 103 cm³/mol. The number of pyridine rings is 1. The minimum Gasteiger partial charge on any atom is -0.504 e. The third-order valence-electron chi connectivity index (χ3n) is 4.24. The zero-order chi connectivity index (χ0) is 19.4. The van der Waals surface area contributed by atoms with E-state index in [9.17, 15) is 19.8 Å². The molecular weight excluding hydrogens is 332 g/mol. The second-order valence-electron chi connectivity index (χ2n) is 6.74. The summed E-state index contributed by atoms with van der Waals surface area (Å²) in [4.78, 5) is 25.0. The van der Waals surface area contributed by atoms with Crippen molar-refractivity contribution in [3.8, 4) is 11.5 Å². The number of aryl methyl sites for hydroxylation is 1. The molecule has 6 nitrogen and oxygen atoms in total. The van der Waals surface area contributed by atoms with Crippen molar-refractivity contribution < 1.29 is 15.0 Å². The van der Waals surface area contributed by atoms with Crippen LogP contribution in [0.4, 0.5) is 0 Å². The molecule has 2 aromatic rings. The molecule has 0 bridgehead atoms. The number of amides is 1. The molecule has 0 atom stereocenters. The Kier molecular flexibility index (Phi) is 6.29. The maximum absolute atomic E-state index is 12.7. The molecule has 6 heteroatoms. The van der Waals surface area contributed by atoms with Gasteiger partial charge in [-0.15, -0.1) is 0 Å². The highest BCUT2D eigenvalue weighted by Gasteiger charge is 2.28. The number of phenolic OH excluding ortho intramolecular Hbond substituents is 2. The second-order valence-corrected chi connectivity index (χ2v) is 6.74. The molecule has 0 radical (unpaired) electrons. The van der Waals surface area contributed by atoms with E-state index in [4.69, 9.17) is 0 Å². The first-order valence-electron chi connectivity index (χ1n) is 9.25. The Morgan fingerprint density at radius 3 is 2.42 bits per heavy atom. The molecule has 1 aliphatic carbocycles. The Labute approximate surface area is 153 Å². The van der Waals surface area contributed by atoms with Crippen LogP contribution < -0.4 is 10.7 Å². The fourth-order valence-electron chi connectivity index (χ4n) is 2.82. The molecule has 1 saturated carbocycles. The van der Waals surface area contributed by atoms with Crippen LogP contribution >= 0.6 is 0 Å². The van der Waals surface area contributed by atoms with Crippen LogP contribution in [0.1, 0.15) is 68.4 Å². The number of rotatable bonds is 4. The molecule has 3 rings (SSSR count). The van der Waals surface area contributed by atoms with Gasteiger partial charge >= 0.3 is 0 Å². The first-order valence-corrected chi connectivity index (χ1v) is 9.25. The summed E-state index contributed by atoms with van der Waals surface area (Å²) in [5, 5.41) is 22.8. The standard InChI is InChI=1S/C17H20N2O4.C3H8/c1-3-6-18-17(23)11-8-19(10-4-5-10)12-7-13(20)15(21)9(2)14(12)16(11)22;1-3-2/h7-8,10,20-21H,3-6H2,1-2H3,(H,18,23);3H2,1-2H3. The van der Waals surface area contributed by atoms with Crippen molar-refractivity contribution in [3.05, 3.63) is 33.6 Å². The maximum Gasteiger partial charge on any atom is 0.256 e. The van der Waals surface area contributed by atoms with E-state index in [-0.39, 0.29) is 28.5 Å². The van der Waals surface area contributed by atoms with Gasteiger partial charge in [0.1, 0.15) is 5.56 Å². The molecular formula is C20H28N2O4. The van der Waals surface area contributed by atoms with E-state index in [1.807, 2.05) is 11.5 Å². The Balaban J connectivity index is 0.000000758. The minimum absolute atomic E-state index is 0.0750. The summed E-state index contributed by atoms with van der Waals surface area (Å²) in [5.41, 5.74) is 0.506. The van der Waals surface area contributed by atoms with Crippen molar-refractivity contribution in [2.75, 3.05) is 6.54 Å². The lowest BCUT2D eigenvalue weighted by atomic mass is 10.0. The van der Waals surface area contributed by atoms with Crippen LogP contribution in [-0.2, 0) is 0 Å². The minimum atomic E-state index is -0.418. The van der Waals surface area contributed by atoms with Crippen LogP contribution in [0.2, 0.25) is 0 Å². The van der Waals surface area contributed by atoms with E-state index in [0.29, 0.717) is 17.6 Å². The molecule has 1 aliphatic rings. The first-order chi connectivity index (χ1) is 12.4. The molecule has 1 heterocycles. The van der Waals surface area contributed by atoms with Gasteiger partial charge in [0.2, 0.25) is 5.43 Å². The number of nitrogens with zero attached hydrogens (tertiary/aromatic N) is 1. The van der Waals surface area contributed by atoms with E-state index >= 15 is 0 Å². The van der Waals surface area contributed by atoms with Gasteiger partial charge in [-0.1, -0.05) is 27.2 Å². The fourth-order valence-corrected chi connectivity index (χ4v) is 2.82. The van der Waals surface area contributed by atoms with Crippen molar-refractivity contribution in [1.29, 1.82) is 0 Å². The lowest BCUT2D eigenvalue weighted by Crippen LogP contribution is -2.30. The summed E-state index contributed by atoms with van der Waals surface area (Å²) >= 11 is 0. The molecule has 26 heavy (non-hydrogen) atoms. The van der Waals surface area contributed by atoms with E-state index in [0.717, 1.165) is 19.3 Å². The van der Waals surface area contributed by atoms with Crippen molar-refractivity contribution in [1.82, 2.24) is 9.88 Å². The number of carbonyl (C=O) groups is 1. The lowest BCUT2D eigenvalue weighted by molar-refractivity contribution is 0.0952. The highest BCUT2D eigenvalue weighted by Crippen LogP contribution is 2.40. The summed E-state index contributed by atoms with van der Waals surface area (Å²) in [6, 6.07) is 1.62. The fraction of sp³-hybridized carbons (Fsp3) is 0.500. The number of hydrogen-bond donors (Lipinski definition) is 3. The highest BCUT2D eigenvalue weighted by molar-refractivity contribution is 5.98. The number of nitrogens with one attached hydrogen (secondary N) is 1. The lowest BCUT2D eigenvalue weighted by Gasteiger charge is -2.15. The average Bonchev–Trinajstić information content (AvgIpc) is 3.43. The zero-order valence-electron chi connectivity index (χ0n) is 15.9. The van der Waals surface area contributed by atoms with Gasteiger partial charge in [-0.2, -0.15) is 0 Å². The van der Waals surface area contributed by atoms with Gasteiger partial charge in [0.15, 0.2) is 11.5 Å². The SMILES string of the molecule is CCC.CCCNC(=O)c1cn(C2CC2)c2cc(O)c(O)c(C)c2c1=O. The summed E-state index contributed by atoms with van der Waals surface area (Å²) in [5.74, 6) is -0.977. The monoisotopic (exact) mass is 360 g/mol. The Bertz CT molecular complexity index is 866. The van der Waals surface area contributed by atoms with Crippen molar-refractivity contribution in [3.63, 3.8) is 0 Å². The van der Waals surface area contributed by atoms with Crippen molar-refractivity contribution in [2.24, 2.45) is 0 Å². The quantitative estimate of drug-likeness (QED) is 0.726. The van der Waals surface area contributed by atoms with E-state index in [1.165, 1.54) is 12.5 Å². The zero-order valence-corrected chi connectivity index (χ0v) is 15.9. The van der Waals surface area contributed by atoms with Crippen molar-refractivity contribution >= 4 is 16.8 Å². The maximum atomic E-state index is 12.7. The topological polar surface area (TPSA) is 91.6 Å². The Morgan fingerprint density at radius 1 is 1.27 bits per heavy atom. The number of carbonyl (C=O) groups excluding carboxylic acids is 1. The number of aromatic nitrogens is 1. The largest absolute Gasteiger partial charge is 0.504 e. The van der Waals surface area contributed by atoms with E-state index in [2.05, 4.69) is 19.2 Å². The van der Waals surface area contributed by atoms with Crippen LogP contribution in [0.5, 0.6) is 11.5 Å². The second kappa shape index (κ2) is 8.25. The number of aromatic hydroxyl groups is 2. The number of fused-ring (bicyclic) bond motifs is 1. The molecule has 1 aromatic carbocycles. The number of hydrogen-bond acceptors (Lipinski definition) is 4. The molecule has 142 valence electrons. The molecule has 1 aromatic heterocycles. The summed E-state index contributed by atoms with van der Waals surface area (Å²) in [7, 11) is 0. The first kappa shape index (κ1) is 19.8. The van der Waals surface area contributed by atoms with Gasteiger partial charge in [-0.05, 0) is 26.2 Å². The van der Waals surface area contributed by atoms with Gasteiger partial charge in [0.25, 0.3) is 5.91 Å². The third kappa shape index (κ3) is 3.84. The molecule has 0 saturated heterocycles. The molecule has 1 fully saturated rings. The van der Waals surface area contributed by atoms with E-state index in [1.54, 1.807) is 13.1 Å². The number of phenols is 2. The molecule has 0 spiro atoms. The van der Waals surface area contributed by atoms with Crippen molar-refractivity contribution in [2.45, 2.75) is 59.4 Å². The number of benzene rings is 1. The molecule has 1 amide bonds. The van der Waals surface area contributed by atoms with Crippen LogP contribution in [0.15, 0.2) is 17.1 Å². The van der Waals surface area contributed by atoms with Gasteiger partial charge in [-0.3, -0.25) is 9.59 Å². The molecule has 3 N–H and O–H groups in total. The predicted octanol–water partition coefficient (Wildman–Crippen LogP) is 3.61. The molecule has 0 aliphatic heterocycles. The summed E-state index contributed by atoms with van der Waals surface area (Å²) in [6.45, 7) is 8.26. The Morgan fingerprint density at radius 2 is 1.88 bits per heavy atom. The average molecular weight is 360 g/mol. The van der Waals surface area contributed by atoms with Gasteiger partial charge in [0.05, 0.1) is 10.9 Å². The van der Waals surface area contributed by atoms with Crippen LogP contribution in [0, 0.1) is 6.92 Å². The van der Waals surface area contributed by atoms with E-state index < -0.39 is 11.3 Å². The summed E-state index contributed by atoms with van der Waals surface area (Å²) < 4.78 is 1.86. The third-order valence-corrected chi connectivity index (χ3v) is 4.24. The van der Waals surface area contributed by atoms with Gasteiger partial charge < -0.3 is 20.1 Å². The van der Waals surface area contributed by atoms with Gasteiger partial charge in [-0.25, -0.2) is 0 Å². The van der Waals surface area contributed by atoms with Crippen LogP contribution in [-0.4, -0.2) is 27.2 Å². The van der Waals surface area contributed by atoms with Gasteiger partial charge in [0, 0.05) is 30.4 Å². The highest BCUT2D eigenvalue weighted by atomic mass is 16.3. The van der Waals surface area contributed by atoms with Crippen LogP contribution in [0.3, 0.4) is 0 Å². The smallest absolute Gasteiger partial charge is 0.256 e. The summed E-state index contributed by atoms with van der Waals surface area (Å²) in [6.07, 6.45) is 5.54. The Hall–Kier alpha value is -2.50. The van der Waals surface area contributed by atoms with Crippen LogP contribution in [0.25, 0.3) is 10.9 Å².